The van der Waals surface area contributed by atoms with Gasteiger partial charge in [-0.25, -0.2) is 4.98 Å². The zero-order valence-corrected chi connectivity index (χ0v) is 14.3. The highest BCUT2D eigenvalue weighted by atomic mass is 32.2. The molecule has 0 saturated carbocycles. The number of methoxy groups -OCH3 is 1. The molecule has 26 heavy (non-hydrogen) atoms. The van der Waals surface area contributed by atoms with Crippen molar-refractivity contribution in [2.75, 3.05) is 7.11 Å². The van der Waals surface area contributed by atoms with Gasteiger partial charge in [0.05, 0.1) is 44.5 Å². The fourth-order valence-corrected chi connectivity index (χ4v) is 3.12. The van der Waals surface area contributed by atoms with Gasteiger partial charge in [-0.2, -0.15) is 0 Å². The lowest BCUT2D eigenvalue weighted by Gasteiger charge is -2.08. The molecule has 0 aliphatic heterocycles. The lowest BCUT2D eigenvalue weighted by molar-refractivity contribution is 0.410. The van der Waals surface area contributed by atoms with Crippen molar-refractivity contribution in [3.05, 3.63) is 66.2 Å². The zero-order valence-electron chi connectivity index (χ0n) is 21.5. The number of fused-ring (bicyclic) bond motifs is 1. The first-order valence-corrected chi connectivity index (χ1v) is 8.63. The van der Waals surface area contributed by atoms with Gasteiger partial charge in [0.2, 0.25) is 0 Å². The van der Waals surface area contributed by atoms with Gasteiger partial charge in [-0.05, 0) is 43.2 Å². The number of ether oxygens (including phenoxy) is 1. The molecule has 0 bridgehead atoms. The number of nitrogens with zero attached hydrogens (tertiary/aromatic N) is 3. The van der Waals surface area contributed by atoms with Crippen molar-refractivity contribution in [2.45, 2.75) is 17.7 Å². The van der Waals surface area contributed by atoms with E-state index in [1.165, 1.54) is 17.7 Å². The summed E-state index contributed by atoms with van der Waals surface area (Å²) in [4.78, 5) is 10.6. The second-order valence-corrected chi connectivity index (χ2v) is 6.32. The minimum atomic E-state index is -2.83. The summed E-state index contributed by atoms with van der Waals surface area (Å²) in [5.41, 5.74) is -3.97. The summed E-state index contributed by atoms with van der Waals surface area (Å²) < 4.78 is 85.4. The Bertz CT molecular complexity index is 1420. The predicted molar refractivity (Wildman–Crippen MR) is 101 cm³/mol. The summed E-state index contributed by atoms with van der Waals surface area (Å²) in [6.45, 7) is -2.81. The fraction of sp³-hybridized carbons (Fsp3) is 0.158. The predicted octanol–water partition coefficient (Wildman–Crippen LogP) is 3.37. The van der Waals surface area contributed by atoms with Crippen LogP contribution >= 0.6 is 0 Å². The van der Waals surface area contributed by atoms with E-state index in [9.17, 15) is 4.21 Å². The van der Waals surface area contributed by atoms with Crippen LogP contribution in [0.25, 0.3) is 16.7 Å². The van der Waals surface area contributed by atoms with Gasteiger partial charge in [-0.1, -0.05) is 0 Å². The van der Waals surface area contributed by atoms with Gasteiger partial charge in [-0.15, -0.1) is 0 Å². The Morgan fingerprint density at radius 2 is 2.27 bits per heavy atom. The van der Waals surface area contributed by atoms with Gasteiger partial charge in [0, 0.05) is 36.7 Å². The molecule has 1 atom stereocenters. The number of hydrogen-bond donors (Lipinski definition) is 1. The molecule has 1 unspecified atom stereocenters. The van der Waals surface area contributed by atoms with Crippen LogP contribution in [-0.4, -0.2) is 30.8 Å². The highest BCUT2D eigenvalue weighted by molar-refractivity contribution is 7.84. The number of aromatic amines is 1. The first-order chi connectivity index (χ1) is 15.9. The monoisotopic (exact) mass is 374 g/mol. The van der Waals surface area contributed by atoms with Crippen molar-refractivity contribution in [3.63, 3.8) is 0 Å². The fourth-order valence-electron chi connectivity index (χ4n) is 2.33. The van der Waals surface area contributed by atoms with Crippen molar-refractivity contribution in [1.82, 2.24) is 19.5 Å². The van der Waals surface area contributed by atoms with Gasteiger partial charge < -0.3 is 14.3 Å². The highest BCUT2D eigenvalue weighted by Crippen LogP contribution is 2.22. The van der Waals surface area contributed by atoms with Crippen molar-refractivity contribution < 1.29 is 19.9 Å². The van der Waals surface area contributed by atoms with E-state index in [4.69, 9.17) is 15.7 Å². The van der Waals surface area contributed by atoms with Gasteiger partial charge in [0.15, 0.2) is 5.16 Å². The minimum Gasteiger partial charge on any atom is -0.496 e. The van der Waals surface area contributed by atoms with Crippen LogP contribution in [0.1, 0.15) is 22.2 Å². The molecule has 0 saturated heterocycles. The summed E-state index contributed by atoms with van der Waals surface area (Å²) in [7, 11) is -1.41. The number of benzene rings is 1. The molecular formula is C19H18N4O2S. The lowest BCUT2D eigenvalue weighted by Crippen LogP contribution is -2.03. The van der Waals surface area contributed by atoms with Crippen molar-refractivity contribution >= 4 is 21.8 Å². The molecule has 3 aromatic heterocycles. The third-order valence-corrected chi connectivity index (χ3v) is 4.51. The maximum atomic E-state index is 13.3. The molecule has 1 N–H and O–H groups in total. The molecule has 132 valence electrons. The second-order valence-electron chi connectivity index (χ2n) is 5.19. The topological polar surface area (TPSA) is 72.8 Å². The largest absolute Gasteiger partial charge is 0.496 e. The molecule has 0 aliphatic carbocycles. The molecule has 1 aromatic carbocycles. The van der Waals surface area contributed by atoms with Crippen LogP contribution in [0, 0.1) is 6.85 Å². The van der Waals surface area contributed by atoms with Crippen LogP contribution in [0.5, 0.6) is 5.75 Å². The van der Waals surface area contributed by atoms with Gasteiger partial charge in [0.1, 0.15) is 5.75 Å². The van der Waals surface area contributed by atoms with E-state index in [0.717, 1.165) is 6.20 Å². The Kier molecular flexibility index (Phi) is 2.52. The summed E-state index contributed by atoms with van der Waals surface area (Å²) in [5.74, 6) is -0.132. The van der Waals surface area contributed by atoms with E-state index < -0.39 is 39.8 Å². The molecule has 4 rings (SSSR count). The molecule has 6 nitrogen and oxygen atoms in total. The molecule has 0 amide bonds. The smallest absolute Gasteiger partial charge is 0.197 e. The average Bonchev–Trinajstić information content (AvgIpc) is 3.46. The number of rotatable bonds is 5. The highest BCUT2D eigenvalue weighted by Gasteiger charge is 2.15. The maximum absolute atomic E-state index is 13.3. The maximum Gasteiger partial charge on any atom is 0.197 e. The Hall–Kier alpha value is -2.93. The molecular weight excluding hydrogens is 348 g/mol. The summed E-state index contributed by atoms with van der Waals surface area (Å²) >= 11 is 0. The minimum absolute atomic E-state index is 0.00139. The first-order valence-electron chi connectivity index (χ1n) is 11.5. The summed E-state index contributed by atoms with van der Waals surface area (Å²) in [5, 5.41) is -0.424. The third-order valence-electron chi connectivity index (χ3n) is 3.59. The van der Waals surface area contributed by atoms with Crippen LogP contribution in [0.4, 0.5) is 0 Å². The van der Waals surface area contributed by atoms with Crippen LogP contribution in [0.2, 0.25) is 0 Å². The van der Waals surface area contributed by atoms with E-state index >= 15 is 0 Å². The summed E-state index contributed by atoms with van der Waals surface area (Å²) in [6, 6.07) is 3.85. The Labute approximate surface area is 164 Å². The molecule has 7 heteroatoms. The Morgan fingerprint density at radius 3 is 3.04 bits per heavy atom. The van der Waals surface area contributed by atoms with Crippen molar-refractivity contribution in [1.29, 1.82) is 0 Å². The van der Waals surface area contributed by atoms with Gasteiger partial charge in [-0.3, -0.25) is 9.19 Å². The normalized spacial score (nSPS) is 17.9. The third kappa shape index (κ3) is 3.01. The quantitative estimate of drug-likeness (QED) is 0.581. The SMILES string of the molecule is [2H]c1c(-n2cccc2)c([2H])c2[nH]c(S(=O)C([2H])([2H])c3nccc(OC)c3C([2H])([2H])[2H])nc2c1[2H]. The van der Waals surface area contributed by atoms with Crippen LogP contribution in [-0.2, 0) is 16.5 Å². The molecule has 0 fully saturated rings. The van der Waals surface area contributed by atoms with Crippen LogP contribution in [0.15, 0.2) is 60.1 Å². The van der Waals surface area contributed by atoms with Gasteiger partial charge >= 0.3 is 0 Å². The number of aromatic nitrogens is 4. The van der Waals surface area contributed by atoms with Crippen molar-refractivity contribution in [2.24, 2.45) is 0 Å². The Morgan fingerprint density at radius 1 is 1.42 bits per heavy atom. The molecule has 0 spiro atoms. The molecule has 0 radical (unpaired) electrons. The number of H-pyrrole nitrogens is 1. The van der Waals surface area contributed by atoms with Crippen molar-refractivity contribution in [3.8, 4) is 11.4 Å². The number of nitrogens with one attached hydrogen (secondary N) is 1. The van der Waals surface area contributed by atoms with E-state index in [1.54, 1.807) is 24.5 Å². The Balaban J connectivity index is 1.89. The second kappa shape index (κ2) is 6.76. The van der Waals surface area contributed by atoms with Crippen LogP contribution in [0.3, 0.4) is 0 Å². The lowest BCUT2D eigenvalue weighted by atomic mass is 10.2. The number of hydrogen-bond acceptors (Lipinski definition) is 4. The zero-order chi connectivity index (χ0) is 25.0. The van der Waals surface area contributed by atoms with E-state index in [2.05, 4.69) is 15.0 Å². The standard InChI is InChI=1S/C19H18N4O2S/c1-13-17(20-8-7-18(13)25-2)12-26(24)19-21-15-6-5-14(11-16(15)22-19)23-9-3-4-10-23/h3-11H,12H2,1-2H3,(H,21,22)/i1D3,5D,6D,11D,12D2. The van der Waals surface area contributed by atoms with E-state index in [1.807, 2.05) is 0 Å². The first kappa shape index (κ1) is 9.68. The molecule has 3 heterocycles. The average molecular weight is 374 g/mol. The molecule has 0 aliphatic rings. The number of pyridine rings is 1. The van der Waals surface area contributed by atoms with E-state index in [-0.39, 0.29) is 40.6 Å². The van der Waals surface area contributed by atoms with Gasteiger partial charge in [0.25, 0.3) is 0 Å². The summed E-state index contributed by atoms with van der Waals surface area (Å²) in [6.07, 6.45) is 4.36. The van der Waals surface area contributed by atoms with E-state index in [0.29, 0.717) is 0 Å². The van der Waals surface area contributed by atoms with Crippen LogP contribution < -0.4 is 4.74 Å². The molecule has 4 aromatic rings. The number of imidazole rings is 1.